The number of ether oxygens (including phenoxy) is 2. The van der Waals surface area contributed by atoms with E-state index in [1.165, 1.54) is 10.7 Å². The molecule has 0 unspecified atom stereocenters. The Labute approximate surface area is 120 Å². The van der Waals surface area contributed by atoms with Crippen LogP contribution in [0, 0.1) is 0 Å². The first-order valence-electron chi connectivity index (χ1n) is 6.47. The molecule has 3 rings (SSSR count). The fourth-order valence-electron chi connectivity index (χ4n) is 2.25. The zero-order valence-electron chi connectivity index (χ0n) is 11.4. The number of hydrogen-bond acceptors (Lipinski definition) is 5. The lowest BCUT2D eigenvalue weighted by atomic mass is 10.1. The fraction of sp³-hybridized carbons (Fsp3) is 0.286. The van der Waals surface area contributed by atoms with Crippen LogP contribution in [0.15, 0.2) is 18.2 Å². The highest BCUT2D eigenvalue weighted by Gasteiger charge is 2.21. The van der Waals surface area contributed by atoms with Gasteiger partial charge >= 0.3 is 5.97 Å². The van der Waals surface area contributed by atoms with Gasteiger partial charge in [-0.1, -0.05) is 0 Å². The standard InChI is InChI=1S/C14H14N2O5/c1-16-10(7-9(15-16)14(18)19)8-3-4-11-13(12(8)17)21-6-2-5-20-11/h3-4,7,17H,2,5-6H2,1H3,(H,18,19). The molecule has 1 aromatic carbocycles. The summed E-state index contributed by atoms with van der Waals surface area (Å²) in [5.41, 5.74) is 0.848. The summed E-state index contributed by atoms with van der Waals surface area (Å²) >= 11 is 0. The van der Waals surface area contributed by atoms with E-state index < -0.39 is 5.97 Å². The number of carboxylic acid groups (broad SMARTS) is 1. The number of phenols is 1. The Hall–Kier alpha value is -2.70. The maximum atomic E-state index is 11.0. The minimum Gasteiger partial charge on any atom is -0.504 e. The minimum absolute atomic E-state index is 0.0747. The quantitative estimate of drug-likeness (QED) is 0.873. The van der Waals surface area contributed by atoms with Crippen LogP contribution in [0.4, 0.5) is 0 Å². The molecule has 7 heteroatoms. The number of aromatic hydroxyl groups is 1. The van der Waals surface area contributed by atoms with E-state index >= 15 is 0 Å². The Morgan fingerprint density at radius 2 is 2.10 bits per heavy atom. The van der Waals surface area contributed by atoms with Crippen molar-refractivity contribution < 1.29 is 24.5 Å². The molecule has 21 heavy (non-hydrogen) atoms. The highest BCUT2D eigenvalue weighted by Crippen LogP contribution is 2.44. The van der Waals surface area contributed by atoms with Crippen molar-refractivity contribution in [3.63, 3.8) is 0 Å². The second-order valence-electron chi connectivity index (χ2n) is 4.68. The molecule has 0 atom stereocenters. The minimum atomic E-state index is -1.12. The van der Waals surface area contributed by atoms with Gasteiger partial charge in [0.1, 0.15) is 0 Å². The Bertz CT molecular complexity index is 708. The highest BCUT2D eigenvalue weighted by molar-refractivity contribution is 5.87. The summed E-state index contributed by atoms with van der Waals surface area (Å²) in [6, 6.07) is 4.76. The lowest BCUT2D eigenvalue weighted by molar-refractivity contribution is 0.0689. The first kappa shape index (κ1) is 13.3. The molecular formula is C14H14N2O5. The molecule has 2 heterocycles. The van der Waals surface area contributed by atoms with Gasteiger partial charge in [-0.2, -0.15) is 5.10 Å². The van der Waals surface area contributed by atoms with Crippen molar-refractivity contribution in [1.82, 2.24) is 9.78 Å². The van der Waals surface area contributed by atoms with E-state index in [-0.39, 0.29) is 17.2 Å². The van der Waals surface area contributed by atoms with E-state index in [9.17, 15) is 9.90 Å². The predicted octanol–water partition coefficient (Wildman–Crippen LogP) is 1.65. The third kappa shape index (κ3) is 2.26. The summed E-state index contributed by atoms with van der Waals surface area (Å²) < 4.78 is 12.4. The normalized spacial score (nSPS) is 13.8. The van der Waals surface area contributed by atoms with Gasteiger partial charge in [-0.25, -0.2) is 4.79 Å². The average molecular weight is 290 g/mol. The van der Waals surface area contributed by atoms with Gasteiger partial charge in [0.05, 0.1) is 18.9 Å². The number of fused-ring (bicyclic) bond motifs is 1. The molecule has 1 aliphatic rings. The molecule has 0 amide bonds. The van der Waals surface area contributed by atoms with Crippen molar-refractivity contribution >= 4 is 5.97 Å². The number of rotatable bonds is 2. The monoisotopic (exact) mass is 290 g/mol. The molecule has 0 bridgehead atoms. The van der Waals surface area contributed by atoms with Crippen molar-refractivity contribution in [3.8, 4) is 28.5 Å². The van der Waals surface area contributed by atoms with Crippen LogP contribution in [-0.4, -0.2) is 39.2 Å². The molecule has 110 valence electrons. The number of carboxylic acids is 1. The largest absolute Gasteiger partial charge is 0.504 e. The van der Waals surface area contributed by atoms with Gasteiger partial charge in [0.25, 0.3) is 0 Å². The molecule has 2 N–H and O–H groups in total. The van der Waals surface area contributed by atoms with Crippen molar-refractivity contribution in [2.45, 2.75) is 6.42 Å². The van der Waals surface area contributed by atoms with Crippen molar-refractivity contribution in [2.75, 3.05) is 13.2 Å². The van der Waals surface area contributed by atoms with Crippen LogP contribution in [0.25, 0.3) is 11.3 Å². The summed E-state index contributed by atoms with van der Waals surface area (Å²) in [7, 11) is 1.62. The molecule has 1 aromatic heterocycles. The van der Waals surface area contributed by atoms with Crippen LogP contribution in [-0.2, 0) is 7.05 Å². The van der Waals surface area contributed by atoms with Gasteiger partial charge in [-0.15, -0.1) is 0 Å². The van der Waals surface area contributed by atoms with Crippen molar-refractivity contribution in [1.29, 1.82) is 0 Å². The Kier molecular flexibility index (Phi) is 3.17. The van der Waals surface area contributed by atoms with Crippen LogP contribution in [0.5, 0.6) is 17.2 Å². The van der Waals surface area contributed by atoms with Gasteiger partial charge in [0.2, 0.25) is 5.75 Å². The molecule has 0 fully saturated rings. The molecular weight excluding hydrogens is 276 g/mol. The summed E-state index contributed by atoms with van der Waals surface area (Å²) in [6.07, 6.45) is 0.734. The third-order valence-corrected chi connectivity index (χ3v) is 3.26. The second-order valence-corrected chi connectivity index (χ2v) is 4.68. The molecule has 0 aliphatic carbocycles. The Morgan fingerprint density at radius 1 is 1.33 bits per heavy atom. The second kappa shape index (κ2) is 5.01. The summed E-state index contributed by atoms with van der Waals surface area (Å²) in [5.74, 6) is -0.433. The van der Waals surface area contributed by atoms with E-state index in [0.717, 1.165) is 6.42 Å². The van der Waals surface area contributed by atoms with Gasteiger partial charge in [-0.05, 0) is 18.2 Å². The molecule has 7 nitrogen and oxygen atoms in total. The Balaban J connectivity index is 2.11. The van der Waals surface area contributed by atoms with E-state index in [2.05, 4.69) is 5.10 Å². The maximum absolute atomic E-state index is 11.0. The van der Waals surface area contributed by atoms with Crippen LogP contribution >= 0.6 is 0 Å². The van der Waals surface area contributed by atoms with E-state index in [1.54, 1.807) is 19.2 Å². The number of phenolic OH excluding ortho intramolecular Hbond substituents is 1. The van der Waals surface area contributed by atoms with Gasteiger partial charge in [0, 0.05) is 19.0 Å². The maximum Gasteiger partial charge on any atom is 0.356 e. The number of hydrogen-bond donors (Lipinski definition) is 2. The van der Waals surface area contributed by atoms with Crippen LogP contribution in [0.3, 0.4) is 0 Å². The lowest BCUT2D eigenvalue weighted by Gasteiger charge is -2.12. The lowest BCUT2D eigenvalue weighted by Crippen LogP contribution is -1.99. The molecule has 0 radical (unpaired) electrons. The summed E-state index contributed by atoms with van der Waals surface area (Å²) in [5, 5.41) is 23.3. The van der Waals surface area contributed by atoms with Crippen molar-refractivity contribution in [2.24, 2.45) is 7.05 Å². The van der Waals surface area contributed by atoms with E-state index in [1.807, 2.05) is 0 Å². The van der Waals surface area contributed by atoms with Gasteiger partial charge in [0.15, 0.2) is 17.2 Å². The average Bonchev–Trinajstić information content (AvgIpc) is 2.69. The zero-order chi connectivity index (χ0) is 15.0. The van der Waals surface area contributed by atoms with Gasteiger partial charge in [-0.3, -0.25) is 4.68 Å². The number of aromatic nitrogens is 2. The third-order valence-electron chi connectivity index (χ3n) is 3.26. The fourth-order valence-corrected chi connectivity index (χ4v) is 2.25. The van der Waals surface area contributed by atoms with Crippen molar-refractivity contribution in [3.05, 3.63) is 23.9 Å². The van der Waals surface area contributed by atoms with Crippen LogP contribution < -0.4 is 9.47 Å². The number of carbonyl (C=O) groups is 1. The van der Waals surface area contributed by atoms with Crippen LogP contribution in [0.1, 0.15) is 16.9 Å². The molecule has 0 saturated carbocycles. The number of aromatic carboxylic acids is 1. The SMILES string of the molecule is Cn1nc(C(=O)O)cc1-c1ccc2c(c1O)OCCCO2. The molecule has 2 aromatic rings. The van der Waals surface area contributed by atoms with Crippen LogP contribution in [0.2, 0.25) is 0 Å². The molecule has 1 aliphatic heterocycles. The zero-order valence-corrected chi connectivity index (χ0v) is 11.4. The Morgan fingerprint density at radius 3 is 2.81 bits per heavy atom. The predicted molar refractivity (Wildman–Crippen MR) is 72.9 cm³/mol. The summed E-state index contributed by atoms with van der Waals surface area (Å²) in [4.78, 5) is 11.0. The highest BCUT2D eigenvalue weighted by atomic mass is 16.5. The summed E-state index contributed by atoms with van der Waals surface area (Å²) in [6.45, 7) is 0.983. The first-order chi connectivity index (χ1) is 10.1. The number of aryl methyl sites for hydroxylation is 1. The van der Waals surface area contributed by atoms with E-state index in [4.69, 9.17) is 14.6 Å². The first-order valence-corrected chi connectivity index (χ1v) is 6.47. The smallest absolute Gasteiger partial charge is 0.356 e. The topological polar surface area (TPSA) is 93.8 Å². The molecule has 0 spiro atoms. The number of nitrogens with zero attached hydrogens (tertiary/aromatic N) is 2. The van der Waals surface area contributed by atoms with Gasteiger partial charge < -0.3 is 19.7 Å². The van der Waals surface area contributed by atoms with E-state index in [0.29, 0.717) is 30.2 Å². The molecule has 0 saturated heterocycles. The number of benzene rings is 1.